The number of nitrogen functional groups attached to an aromatic ring is 1. The molecule has 0 aromatic heterocycles. The van der Waals surface area contributed by atoms with E-state index in [1.54, 1.807) is 18.2 Å². The van der Waals surface area contributed by atoms with Crippen molar-refractivity contribution in [2.45, 2.75) is 24.9 Å². The molecule has 0 spiro atoms. The smallest absolute Gasteiger partial charge is 0.137 e. The van der Waals surface area contributed by atoms with Gasteiger partial charge in [0.2, 0.25) is 0 Å². The predicted octanol–water partition coefficient (Wildman–Crippen LogP) is 3.27. The van der Waals surface area contributed by atoms with Crippen molar-refractivity contribution in [1.82, 2.24) is 0 Å². The summed E-state index contributed by atoms with van der Waals surface area (Å²) in [5, 5.41) is 0.483. The Labute approximate surface area is 81.7 Å². The van der Waals surface area contributed by atoms with Crippen molar-refractivity contribution >= 4 is 17.3 Å². The van der Waals surface area contributed by atoms with E-state index in [0.717, 1.165) is 6.42 Å². The van der Waals surface area contributed by atoms with Crippen LogP contribution in [0.25, 0.3) is 0 Å². The topological polar surface area (TPSA) is 26.0 Å². The summed E-state index contributed by atoms with van der Waals surface area (Å²) in [7, 11) is 0. The van der Waals surface area contributed by atoms with E-state index < -0.39 is 5.67 Å². The third kappa shape index (κ3) is 1.39. The molecule has 1 saturated carbocycles. The van der Waals surface area contributed by atoms with Gasteiger partial charge in [-0.15, -0.1) is 0 Å². The summed E-state index contributed by atoms with van der Waals surface area (Å²) in [5.41, 5.74) is 5.49. The van der Waals surface area contributed by atoms with Gasteiger partial charge < -0.3 is 5.73 Å². The molecule has 2 rings (SSSR count). The average Bonchev–Trinajstić information content (AvgIpc) is 2.05. The van der Waals surface area contributed by atoms with Gasteiger partial charge in [0, 0.05) is 16.3 Å². The van der Waals surface area contributed by atoms with Crippen LogP contribution in [0.5, 0.6) is 0 Å². The van der Waals surface area contributed by atoms with Gasteiger partial charge in [-0.3, -0.25) is 0 Å². The molecule has 0 saturated heterocycles. The number of hydrogen-bond acceptors (Lipinski definition) is 1. The Hall–Kier alpha value is -0.760. The van der Waals surface area contributed by atoms with Gasteiger partial charge in [0.15, 0.2) is 0 Å². The summed E-state index contributed by atoms with van der Waals surface area (Å²) in [6, 6.07) is 4.99. The van der Waals surface area contributed by atoms with Crippen LogP contribution in [-0.2, 0) is 5.67 Å². The highest BCUT2D eigenvalue weighted by molar-refractivity contribution is 6.31. The lowest BCUT2D eigenvalue weighted by Crippen LogP contribution is -2.29. The maximum atomic E-state index is 13.9. The average molecular weight is 200 g/mol. The minimum atomic E-state index is -1.22. The van der Waals surface area contributed by atoms with E-state index in [4.69, 9.17) is 17.3 Å². The fourth-order valence-electron chi connectivity index (χ4n) is 1.64. The molecule has 0 atom stereocenters. The van der Waals surface area contributed by atoms with E-state index in [1.807, 2.05) is 0 Å². The Bertz CT molecular complexity index is 334. The van der Waals surface area contributed by atoms with Crippen molar-refractivity contribution in [3.8, 4) is 0 Å². The highest BCUT2D eigenvalue weighted by Gasteiger charge is 2.40. The zero-order valence-electron chi connectivity index (χ0n) is 7.19. The number of rotatable bonds is 1. The SMILES string of the molecule is Nc1ccc(Cl)c(C2(F)CCC2)c1. The fourth-order valence-corrected chi connectivity index (χ4v) is 1.93. The van der Waals surface area contributed by atoms with Crippen molar-refractivity contribution in [2.75, 3.05) is 5.73 Å². The zero-order chi connectivity index (χ0) is 9.47. The lowest BCUT2D eigenvalue weighted by atomic mass is 9.77. The fraction of sp³-hybridized carbons (Fsp3) is 0.400. The van der Waals surface area contributed by atoms with Crippen LogP contribution >= 0.6 is 11.6 Å². The molecule has 1 aliphatic carbocycles. The van der Waals surface area contributed by atoms with Crippen LogP contribution in [-0.4, -0.2) is 0 Å². The van der Waals surface area contributed by atoms with Gasteiger partial charge in [-0.1, -0.05) is 11.6 Å². The highest BCUT2D eigenvalue weighted by Crippen LogP contribution is 2.47. The zero-order valence-corrected chi connectivity index (χ0v) is 7.94. The van der Waals surface area contributed by atoms with Gasteiger partial charge in [0.05, 0.1) is 0 Å². The molecule has 1 aromatic rings. The van der Waals surface area contributed by atoms with Crippen LogP contribution in [0.2, 0.25) is 5.02 Å². The quantitative estimate of drug-likeness (QED) is 0.691. The van der Waals surface area contributed by atoms with E-state index in [0.29, 0.717) is 29.1 Å². The van der Waals surface area contributed by atoms with E-state index in [9.17, 15) is 4.39 Å². The maximum absolute atomic E-state index is 13.9. The summed E-state index contributed by atoms with van der Waals surface area (Å²) in [6.07, 6.45) is 2.06. The van der Waals surface area contributed by atoms with Crippen molar-refractivity contribution in [1.29, 1.82) is 0 Å². The Morgan fingerprint density at radius 3 is 2.62 bits per heavy atom. The lowest BCUT2D eigenvalue weighted by molar-refractivity contribution is 0.0611. The molecular weight excluding hydrogens is 189 g/mol. The highest BCUT2D eigenvalue weighted by atomic mass is 35.5. The summed E-state index contributed by atoms with van der Waals surface area (Å²) in [5.74, 6) is 0. The van der Waals surface area contributed by atoms with Gasteiger partial charge in [-0.05, 0) is 37.5 Å². The van der Waals surface area contributed by atoms with Gasteiger partial charge in [-0.25, -0.2) is 4.39 Å². The Morgan fingerprint density at radius 1 is 1.38 bits per heavy atom. The van der Waals surface area contributed by atoms with Gasteiger partial charge in [-0.2, -0.15) is 0 Å². The largest absolute Gasteiger partial charge is 0.399 e. The monoisotopic (exact) mass is 199 g/mol. The van der Waals surface area contributed by atoms with Crippen LogP contribution in [0, 0.1) is 0 Å². The number of hydrogen-bond donors (Lipinski definition) is 1. The summed E-state index contributed by atoms with van der Waals surface area (Å²) in [6.45, 7) is 0. The Balaban J connectivity index is 2.43. The molecular formula is C10H11ClFN. The number of halogens is 2. The van der Waals surface area contributed by atoms with Crippen molar-refractivity contribution in [2.24, 2.45) is 0 Å². The summed E-state index contributed by atoms with van der Waals surface area (Å²) < 4.78 is 13.9. The molecule has 0 radical (unpaired) electrons. The first-order chi connectivity index (χ1) is 6.12. The molecule has 0 bridgehead atoms. The molecule has 0 unspecified atom stereocenters. The third-order valence-corrected chi connectivity index (χ3v) is 2.95. The molecule has 1 aliphatic rings. The van der Waals surface area contributed by atoms with Crippen LogP contribution in [0.3, 0.4) is 0 Å². The van der Waals surface area contributed by atoms with E-state index in [2.05, 4.69) is 0 Å². The van der Waals surface area contributed by atoms with Gasteiger partial charge in [0.1, 0.15) is 5.67 Å². The number of anilines is 1. The van der Waals surface area contributed by atoms with Crippen LogP contribution in [0.15, 0.2) is 18.2 Å². The second kappa shape index (κ2) is 2.88. The van der Waals surface area contributed by atoms with Crippen LogP contribution < -0.4 is 5.73 Å². The number of nitrogens with two attached hydrogens (primary N) is 1. The minimum absolute atomic E-state index is 0.483. The van der Waals surface area contributed by atoms with Crippen molar-refractivity contribution in [3.05, 3.63) is 28.8 Å². The van der Waals surface area contributed by atoms with Crippen LogP contribution in [0.1, 0.15) is 24.8 Å². The minimum Gasteiger partial charge on any atom is -0.399 e. The maximum Gasteiger partial charge on any atom is 0.137 e. The predicted molar refractivity (Wildman–Crippen MR) is 52.5 cm³/mol. The molecule has 0 aliphatic heterocycles. The molecule has 70 valence electrons. The standard InChI is InChI=1S/C10H11ClFN/c11-9-3-2-7(13)6-8(9)10(12)4-1-5-10/h2-3,6H,1,4-5,13H2. The van der Waals surface area contributed by atoms with Crippen molar-refractivity contribution < 1.29 is 4.39 Å². The number of alkyl halides is 1. The van der Waals surface area contributed by atoms with Crippen molar-refractivity contribution in [3.63, 3.8) is 0 Å². The van der Waals surface area contributed by atoms with Gasteiger partial charge >= 0.3 is 0 Å². The second-order valence-corrected chi connectivity index (χ2v) is 3.97. The third-order valence-electron chi connectivity index (χ3n) is 2.62. The Kier molecular flexibility index (Phi) is 1.95. The normalized spacial score (nSPS) is 19.5. The molecule has 3 heteroatoms. The molecule has 0 amide bonds. The van der Waals surface area contributed by atoms with Gasteiger partial charge in [0.25, 0.3) is 0 Å². The molecule has 1 nitrogen and oxygen atoms in total. The lowest BCUT2D eigenvalue weighted by Gasteiger charge is -2.34. The second-order valence-electron chi connectivity index (χ2n) is 3.56. The first-order valence-corrected chi connectivity index (χ1v) is 4.74. The van der Waals surface area contributed by atoms with E-state index in [-0.39, 0.29) is 0 Å². The molecule has 13 heavy (non-hydrogen) atoms. The molecule has 2 N–H and O–H groups in total. The molecule has 1 aromatic carbocycles. The summed E-state index contributed by atoms with van der Waals surface area (Å²) in [4.78, 5) is 0. The molecule has 0 heterocycles. The van der Waals surface area contributed by atoms with Crippen LogP contribution in [0.4, 0.5) is 10.1 Å². The summed E-state index contributed by atoms with van der Waals surface area (Å²) >= 11 is 5.90. The first kappa shape index (κ1) is 8.82. The van der Waals surface area contributed by atoms with E-state index in [1.165, 1.54) is 0 Å². The first-order valence-electron chi connectivity index (χ1n) is 4.36. The van der Waals surface area contributed by atoms with E-state index >= 15 is 0 Å². The Morgan fingerprint density at radius 2 is 2.08 bits per heavy atom. The number of benzene rings is 1. The molecule has 1 fully saturated rings.